The Morgan fingerprint density at radius 2 is 2.12 bits per heavy atom. The maximum Gasteiger partial charge on any atom is 0.128 e. The van der Waals surface area contributed by atoms with Gasteiger partial charge in [-0.1, -0.05) is 15.9 Å². The van der Waals surface area contributed by atoms with Crippen LogP contribution in [0.25, 0.3) is 0 Å². The summed E-state index contributed by atoms with van der Waals surface area (Å²) in [5.74, 6) is -0.152. The molecule has 0 spiro atoms. The second kappa shape index (κ2) is 7.09. The van der Waals surface area contributed by atoms with Gasteiger partial charge in [-0.25, -0.2) is 4.39 Å². The summed E-state index contributed by atoms with van der Waals surface area (Å²) in [6, 6.07) is 5.09. The minimum absolute atomic E-state index is 0.0367. The van der Waals surface area contributed by atoms with Gasteiger partial charge in [0.15, 0.2) is 0 Å². The molecule has 4 heteroatoms. The van der Waals surface area contributed by atoms with Crippen LogP contribution in [0, 0.1) is 5.82 Å². The highest BCUT2D eigenvalue weighted by atomic mass is 79.9. The molecule has 0 radical (unpaired) electrons. The molecule has 0 fully saturated rings. The van der Waals surface area contributed by atoms with Gasteiger partial charge in [-0.15, -0.1) is 0 Å². The van der Waals surface area contributed by atoms with Gasteiger partial charge in [0.1, 0.15) is 5.82 Å². The molecule has 2 nitrogen and oxygen atoms in total. The van der Waals surface area contributed by atoms with E-state index in [1.54, 1.807) is 6.07 Å². The number of hydrogen-bond acceptors (Lipinski definition) is 2. The first-order valence-corrected chi connectivity index (χ1v) is 6.63. The minimum atomic E-state index is -0.152. The summed E-state index contributed by atoms with van der Waals surface area (Å²) in [6.07, 6.45) is 1.06. The highest BCUT2D eigenvalue weighted by Crippen LogP contribution is 2.21. The molecular weight excluding hydrogens is 283 g/mol. The third-order valence-electron chi connectivity index (χ3n) is 2.66. The monoisotopic (exact) mass is 302 g/mol. The highest BCUT2D eigenvalue weighted by Gasteiger charge is 2.10. The summed E-state index contributed by atoms with van der Waals surface area (Å²) in [7, 11) is 4.11. The molecule has 0 aromatic heterocycles. The van der Waals surface area contributed by atoms with Gasteiger partial charge in [0.25, 0.3) is 0 Å². The molecule has 0 saturated heterocycles. The van der Waals surface area contributed by atoms with Crippen LogP contribution >= 0.6 is 15.9 Å². The van der Waals surface area contributed by atoms with Crippen LogP contribution < -0.4 is 5.32 Å². The summed E-state index contributed by atoms with van der Waals surface area (Å²) in [4.78, 5) is 2.14. The predicted molar refractivity (Wildman–Crippen MR) is 73.7 cm³/mol. The van der Waals surface area contributed by atoms with E-state index in [-0.39, 0.29) is 11.9 Å². The molecule has 0 aliphatic carbocycles. The van der Waals surface area contributed by atoms with Crippen molar-refractivity contribution in [2.45, 2.75) is 19.4 Å². The molecule has 1 aromatic carbocycles. The minimum Gasteiger partial charge on any atom is -0.310 e. The van der Waals surface area contributed by atoms with Crippen LogP contribution in [0.4, 0.5) is 4.39 Å². The lowest BCUT2D eigenvalue weighted by Gasteiger charge is -2.16. The third-order valence-corrected chi connectivity index (χ3v) is 3.15. The van der Waals surface area contributed by atoms with Crippen LogP contribution in [-0.4, -0.2) is 32.1 Å². The van der Waals surface area contributed by atoms with E-state index in [1.165, 1.54) is 6.07 Å². The first kappa shape index (κ1) is 14.6. The van der Waals surface area contributed by atoms with Crippen LogP contribution in [0.5, 0.6) is 0 Å². The van der Waals surface area contributed by atoms with Crippen molar-refractivity contribution >= 4 is 15.9 Å². The number of halogens is 2. The van der Waals surface area contributed by atoms with Crippen LogP contribution in [0.15, 0.2) is 22.7 Å². The van der Waals surface area contributed by atoms with Gasteiger partial charge in [-0.3, -0.25) is 0 Å². The van der Waals surface area contributed by atoms with Crippen molar-refractivity contribution in [2.75, 3.05) is 27.2 Å². The molecule has 96 valence electrons. The normalized spacial score (nSPS) is 13.1. The van der Waals surface area contributed by atoms with E-state index in [9.17, 15) is 4.39 Å². The first-order valence-electron chi connectivity index (χ1n) is 5.83. The van der Waals surface area contributed by atoms with Crippen molar-refractivity contribution in [1.29, 1.82) is 0 Å². The first-order chi connectivity index (χ1) is 8.00. The molecule has 1 unspecified atom stereocenters. The van der Waals surface area contributed by atoms with Crippen molar-refractivity contribution in [3.63, 3.8) is 0 Å². The molecule has 0 bridgehead atoms. The van der Waals surface area contributed by atoms with Gasteiger partial charge in [-0.2, -0.15) is 0 Å². The van der Waals surface area contributed by atoms with E-state index in [4.69, 9.17) is 0 Å². The number of nitrogens with one attached hydrogen (secondary N) is 1. The fourth-order valence-corrected chi connectivity index (χ4v) is 2.05. The van der Waals surface area contributed by atoms with Gasteiger partial charge in [0.05, 0.1) is 0 Å². The van der Waals surface area contributed by atoms with Gasteiger partial charge >= 0.3 is 0 Å². The smallest absolute Gasteiger partial charge is 0.128 e. The molecule has 1 aromatic rings. The molecule has 0 amide bonds. The summed E-state index contributed by atoms with van der Waals surface area (Å²) in [6.45, 7) is 3.92. The molecular formula is C13H20BrFN2. The summed E-state index contributed by atoms with van der Waals surface area (Å²) in [5, 5.41) is 3.33. The number of hydrogen-bond donors (Lipinski definition) is 1. The maximum absolute atomic E-state index is 13.6. The lowest BCUT2D eigenvalue weighted by Crippen LogP contribution is -2.24. The SMILES string of the molecule is CC(NCCCN(C)C)c1cc(Br)ccc1F. The average Bonchev–Trinajstić information content (AvgIpc) is 2.27. The van der Waals surface area contributed by atoms with E-state index in [2.05, 4.69) is 40.2 Å². The topological polar surface area (TPSA) is 15.3 Å². The summed E-state index contributed by atoms with van der Waals surface area (Å²) < 4.78 is 14.5. The predicted octanol–water partition coefficient (Wildman–Crippen LogP) is 3.19. The third kappa shape index (κ3) is 5.15. The molecule has 0 heterocycles. The Morgan fingerprint density at radius 3 is 2.76 bits per heavy atom. The van der Waals surface area contributed by atoms with Crippen molar-refractivity contribution < 1.29 is 4.39 Å². The number of rotatable bonds is 6. The largest absolute Gasteiger partial charge is 0.310 e. The van der Waals surface area contributed by atoms with Gasteiger partial charge in [0, 0.05) is 16.1 Å². The second-order valence-corrected chi connectivity index (χ2v) is 5.41. The van der Waals surface area contributed by atoms with Crippen molar-refractivity contribution in [3.8, 4) is 0 Å². The Kier molecular flexibility index (Phi) is 6.09. The van der Waals surface area contributed by atoms with Gasteiger partial charge in [0.2, 0.25) is 0 Å². The maximum atomic E-state index is 13.6. The van der Waals surface area contributed by atoms with E-state index < -0.39 is 0 Å². The zero-order chi connectivity index (χ0) is 12.8. The second-order valence-electron chi connectivity index (χ2n) is 4.50. The molecule has 0 saturated carbocycles. The van der Waals surface area contributed by atoms with Crippen LogP contribution in [-0.2, 0) is 0 Å². The number of benzene rings is 1. The molecule has 1 atom stereocenters. The zero-order valence-corrected chi connectivity index (χ0v) is 12.2. The quantitative estimate of drug-likeness (QED) is 0.812. The van der Waals surface area contributed by atoms with Crippen LogP contribution in [0.1, 0.15) is 24.9 Å². The van der Waals surface area contributed by atoms with Gasteiger partial charge in [-0.05, 0) is 58.7 Å². The van der Waals surface area contributed by atoms with E-state index in [0.29, 0.717) is 5.56 Å². The van der Waals surface area contributed by atoms with Crippen LogP contribution in [0.3, 0.4) is 0 Å². The summed E-state index contributed by atoms with van der Waals surface area (Å²) >= 11 is 3.36. The van der Waals surface area contributed by atoms with E-state index in [0.717, 1.165) is 24.0 Å². The summed E-state index contributed by atoms with van der Waals surface area (Å²) in [5.41, 5.74) is 0.712. The Bertz CT molecular complexity index is 355. The lowest BCUT2D eigenvalue weighted by atomic mass is 10.1. The highest BCUT2D eigenvalue weighted by molar-refractivity contribution is 9.10. The average molecular weight is 303 g/mol. The lowest BCUT2D eigenvalue weighted by molar-refractivity contribution is 0.388. The Morgan fingerprint density at radius 1 is 1.41 bits per heavy atom. The zero-order valence-electron chi connectivity index (χ0n) is 10.6. The van der Waals surface area contributed by atoms with Crippen molar-refractivity contribution in [2.24, 2.45) is 0 Å². The Balaban J connectivity index is 2.46. The molecule has 0 aliphatic rings. The molecule has 17 heavy (non-hydrogen) atoms. The molecule has 1 rings (SSSR count). The van der Waals surface area contributed by atoms with E-state index >= 15 is 0 Å². The van der Waals surface area contributed by atoms with E-state index in [1.807, 2.05) is 13.0 Å². The fourth-order valence-electron chi connectivity index (χ4n) is 1.67. The number of nitrogens with zero attached hydrogens (tertiary/aromatic N) is 1. The van der Waals surface area contributed by atoms with Crippen LogP contribution in [0.2, 0.25) is 0 Å². The van der Waals surface area contributed by atoms with Crippen molar-refractivity contribution in [1.82, 2.24) is 10.2 Å². The van der Waals surface area contributed by atoms with Gasteiger partial charge < -0.3 is 10.2 Å². The fraction of sp³-hybridized carbons (Fsp3) is 0.538. The molecule has 1 N–H and O–H groups in total. The Hall–Kier alpha value is -0.450. The van der Waals surface area contributed by atoms with Crippen molar-refractivity contribution in [3.05, 3.63) is 34.1 Å². The Labute approximate surface area is 111 Å². The molecule has 0 aliphatic heterocycles. The standard InChI is InChI=1S/C13H20BrFN2/c1-10(16-7-4-8-17(2)3)12-9-11(14)5-6-13(12)15/h5-6,9-10,16H,4,7-8H2,1-3H3.